The fraction of sp³-hybridized carbons (Fsp3) is 0.429. The number of aromatic nitrogens is 2. The first-order chi connectivity index (χ1) is 15.1. The molecule has 0 bridgehead atoms. The number of carbonyl (C=O) groups is 1. The molecular weight excluding hydrogens is 439 g/mol. The molecule has 32 heavy (non-hydrogen) atoms. The van der Waals surface area contributed by atoms with Crippen molar-refractivity contribution in [2.45, 2.75) is 30.1 Å². The summed E-state index contributed by atoms with van der Waals surface area (Å²) in [5.74, 6) is -1.17. The molecule has 4 rings (SSSR count). The molecule has 3 heterocycles. The molecule has 2 atom stereocenters. The van der Waals surface area contributed by atoms with Gasteiger partial charge >= 0.3 is 0 Å². The second kappa shape index (κ2) is 7.89. The SMILES string of the molecule is COc1cnc(C(=O)Cc2ccc(F)c([C@]3(C)CS(=O)(=O)[C@]4(CCOC4)C(N)=N3)c2)cn1. The third-order valence-electron chi connectivity index (χ3n) is 5.98. The Bertz CT molecular complexity index is 1190. The van der Waals surface area contributed by atoms with Gasteiger partial charge in [-0.2, -0.15) is 0 Å². The quantitative estimate of drug-likeness (QED) is 0.656. The summed E-state index contributed by atoms with van der Waals surface area (Å²) in [6.45, 7) is 1.74. The van der Waals surface area contributed by atoms with Crippen LogP contribution in [0.5, 0.6) is 5.88 Å². The molecule has 1 aromatic heterocycles. The lowest BCUT2D eigenvalue weighted by molar-refractivity contribution is 0.0987. The molecule has 2 aliphatic rings. The molecule has 2 N–H and O–H groups in total. The molecule has 9 nitrogen and oxygen atoms in total. The summed E-state index contributed by atoms with van der Waals surface area (Å²) in [6.07, 6.45) is 2.78. The minimum Gasteiger partial charge on any atom is -0.480 e. The molecule has 0 aliphatic carbocycles. The Morgan fingerprint density at radius 2 is 2.09 bits per heavy atom. The van der Waals surface area contributed by atoms with Crippen LogP contribution in [0.1, 0.15) is 35.0 Å². The number of methoxy groups -OCH3 is 1. The van der Waals surface area contributed by atoms with Gasteiger partial charge < -0.3 is 15.2 Å². The minimum atomic E-state index is -3.77. The normalized spacial score (nSPS) is 26.7. The fourth-order valence-electron chi connectivity index (χ4n) is 4.14. The summed E-state index contributed by atoms with van der Waals surface area (Å²) in [4.78, 5) is 25.0. The molecule has 11 heteroatoms. The van der Waals surface area contributed by atoms with Crippen LogP contribution in [0.2, 0.25) is 0 Å². The highest BCUT2D eigenvalue weighted by Crippen LogP contribution is 2.41. The number of nitrogens with zero attached hydrogens (tertiary/aromatic N) is 3. The van der Waals surface area contributed by atoms with E-state index in [4.69, 9.17) is 15.2 Å². The standard InChI is InChI=1S/C21H23FN4O5S/c1-20(12-32(28,29)21(19(23)26-20)5-6-31-11-21)14-7-13(3-4-15(14)22)8-17(27)16-9-25-18(30-2)10-24-16/h3-4,7,9-10H,5-6,8,11-12H2,1-2H3,(H2,23,26)/t20-,21-/m0/s1. The van der Waals surface area contributed by atoms with Crippen LogP contribution in [0.4, 0.5) is 4.39 Å². The first kappa shape index (κ1) is 22.3. The average Bonchev–Trinajstić information content (AvgIpc) is 3.26. The van der Waals surface area contributed by atoms with E-state index in [0.717, 1.165) is 0 Å². The molecule has 0 unspecified atom stereocenters. The van der Waals surface area contributed by atoms with E-state index in [9.17, 15) is 17.6 Å². The predicted octanol–water partition coefficient (Wildman–Crippen LogP) is 1.21. The Morgan fingerprint density at radius 3 is 2.69 bits per heavy atom. The van der Waals surface area contributed by atoms with Crippen LogP contribution in [0.25, 0.3) is 0 Å². The molecule has 0 amide bonds. The smallest absolute Gasteiger partial charge is 0.232 e. The average molecular weight is 463 g/mol. The molecule has 0 radical (unpaired) electrons. The van der Waals surface area contributed by atoms with Crippen molar-refractivity contribution in [3.8, 4) is 5.88 Å². The molecule has 2 aromatic rings. The van der Waals surface area contributed by atoms with Crippen LogP contribution < -0.4 is 10.5 Å². The number of aliphatic imine (C=N–C) groups is 1. The van der Waals surface area contributed by atoms with Gasteiger partial charge in [0.2, 0.25) is 5.88 Å². The molecule has 1 spiro atoms. The second-order valence-corrected chi connectivity index (χ2v) is 10.5. The summed E-state index contributed by atoms with van der Waals surface area (Å²) in [7, 11) is -2.34. The Labute approximate surface area is 184 Å². The summed E-state index contributed by atoms with van der Waals surface area (Å²) in [6, 6.07) is 4.12. The van der Waals surface area contributed by atoms with Crippen LogP contribution in [-0.4, -0.2) is 60.8 Å². The summed E-state index contributed by atoms with van der Waals surface area (Å²) in [5, 5.41) is 0. The highest BCUT2D eigenvalue weighted by atomic mass is 32.2. The number of carbonyl (C=O) groups excluding carboxylic acids is 1. The zero-order valence-electron chi connectivity index (χ0n) is 17.7. The van der Waals surface area contributed by atoms with Gasteiger partial charge in [-0.15, -0.1) is 0 Å². The fourth-order valence-corrected chi connectivity index (χ4v) is 6.39. The van der Waals surface area contributed by atoms with Crippen molar-refractivity contribution >= 4 is 21.5 Å². The third kappa shape index (κ3) is 3.65. The molecule has 2 aliphatic heterocycles. The van der Waals surface area contributed by atoms with Crippen molar-refractivity contribution in [2.75, 3.05) is 26.1 Å². The number of hydrogen-bond acceptors (Lipinski definition) is 9. The van der Waals surface area contributed by atoms with E-state index in [-0.39, 0.29) is 54.8 Å². The Hall–Kier alpha value is -2.92. The zero-order valence-corrected chi connectivity index (χ0v) is 18.5. The van der Waals surface area contributed by atoms with Crippen LogP contribution in [-0.2, 0) is 26.5 Å². The Balaban J connectivity index is 1.66. The van der Waals surface area contributed by atoms with Gasteiger partial charge in [-0.3, -0.25) is 9.79 Å². The number of ketones is 1. The van der Waals surface area contributed by atoms with E-state index in [1.54, 1.807) is 0 Å². The second-order valence-electron chi connectivity index (χ2n) is 8.19. The van der Waals surface area contributed by atoms with Crippen LogP contribution in [0.15, 0.2) is 35.6 Å². The lowest BCUT2D eigenvalue weighted by Gasteiger charge is -2.39. The number of ether oxygens (including phenoxy) is 2. The van der Waals surface area contributed by atoms with Crippen molar-refractivity contribution < 1.29 is 27.1 Å². The van der Waals surface area contributed by atoms with Gasteiger partial charge in [0.15, 0.2) is 20.4 Å². The highest BCUT2D eigenvalue weighted by Gasteiger charge is 2.57. The van der Waals surface area contributed by atoms with Crippen molar-refractivity contribution in [1.82, 2.24) is 9.97 Å². The lowest BCUT2D eigenvalue weighted by atomic mass is 9.90. The third-order valence-corrected chi connectivity index (χ3v) is 8.65. The Kier molecular flexibility index (Phi) is 5.49. The largest absolute Gasteiger partial charge is 0.480 e. The van der Waals surface area contributed by atoms with E-state index in [2.05, 4.69) is 15.0 Å². The number of sulfone groups is 1. The number of nitrogens with two attached hydrogens (primary N) is 1. The molecular formula is C21H23FN4O5S. The van der Waals surface area contributed by atoms with Crippen LogP contribution in [0, 0.1) is 5.82 Å². The number of benzene rings is 1. The van der Waals surface area contributed by atoms with E-state index >= 15 is 0 Å². The Morgan fingerprint density at radius 1 is 1.31 bits per heavy atom. The van der Waals surface area contributed by atoms with E-state index in [1.807, 2.05) is 0 Å². The molecule has 0 saturated carbocycles. The van der Waals surface area contributed by atoms with Crippen molar-refractivity contribution in [1.29, 1.82) is 0 Å². The minimum absolute atomic E-state index is 0.0549. The van der Waals surface area contributed by atoms with Crippen LogP contribution >= 0.6 is 0 Å². The maximum absolute atomic E-state index is 14.8. The topological polar surface area (TPSA) is 134 Å². The molecule has 1 aromatic carbocycles. The van der Waals surface area contributed by atoms with E-state index in [1.165, 1.54) is 44.6 Å². The van der Waals surface area contributed by atoms with Gasteiger partial charge in [-0.05, 0) is 31.0 Å². The number of hydrogen-bond donors (Lipinski definition) is 1. The van der Waals surface area contributed by atoms with Crippen molar-refractivity contribution in [3.05, 3.63) is 53.2 Å². The van der Waals surface area contributed by atoms with Crippen LogP contribution in [0.3, 0.4) is 0 Å². The zero-order chi connectivity index (χ0) is 23.1. The predicted molar refractivity (Wildman–Crippen MR) is 114 cm³/mol. The number of amidine groups is 1. The van der Waals surface area contributed by atoms with E-state index < -0.39 is 31.7 Å². The van der Waals surface area contributed by atoms with Gasteiger partial charge in [0, 0.05) is 18.6 Å². The van der Waals surface area contributed by atoms with Gasteiger partial charge in [-0.1, -0.05) is 6.07 Å². The van der Waals surface area contributed by atoms with Gasteiger partial charge in [0.25, 0.3) is 0 Å². The number of rotatable bonds is 5. The van der Waals surface area contributed by atoms with Crippen molar-refractivity contribution in [3.63, 3.8) is 0 Å². The van der Waals surface area contributed by atoms with Gasteiger partial charge in [0.05, 0.1) is 31.9 Å². The first-order valence-electron chi connectivity index (χ1n) is 9.94. The number of Topliss-reactive ketones (excluding diaryl/α,β-unsaturated/α-hetero) is 1. The monoisotopic (exact) mass is 462 g/mol. The lowest BCUT2D eigenvalue weighted by Crippen LogP contribution is -2.58. The summed E-state index contributed by atoms with van der Waals surface area (Å²) >= 11 is 0. The molecule has 1 saturated heterocycles. The highest BCUT2D eigenvalue weighted by molar-refractivity contribution is 7.93. The maximum Gasteiger partial charge on any atom is 0.232 e. The van der Waals surface area contributed by atoms with Crippen molar-refractivity contribution in [2.24, 2.45) is 10.7 Å². The summed E-state index contributed by atoms with van der Waals surface area (Å²) in [5.41, 5.74) is 5.37. The molecule has 1 fully saturated rings. The van der Waals surface area contributed by atoms with Gasteiger partial charge in [0.1, 0.15) is 22.9 Å². The molecule has 170 valence electrons. The van der Waals surface area contributed by atoms with E-state index in [0.29, 0.717) is 5.56 Å². The summed E-state index contributed by atoms with van der Waals surface area (Å²) < 4.78 is 50.0. The maximum atomic E-state index is 14.8. The van der Waals surface area contributed by atoms with Gasteiger partial charge in [-0.25, -0.2) is 22.8 Å². The number of halogens is 1. The first-order valence-corrected chi connectivity index (χ1v) is 11.6.